The van der Waals surface area contributed by atoms with Gasteiger partial charge in [-0.3, -0.25) is 4.79 Å². The molecule has 0 bridgehead atoms. The van der Waals surface area contributed by atoms with Crippen molar-refractivity contribution < 1.29 is 50.2 Å². The van der Waals surface area contributed by atoms with Gasteiger partial charge in [0.25, 0.3) is 0 Å². The van der Waals surface area contributed by atoms with Crippen LogP contribution in [0.15, 0.2) is 47.4 Å². The molecule has 2 N–H and O–H groups in total. The maximum atomic E-state index is 14.5. The van der Waals surface area contributed by atoms with Crippen molar-refractivity contribution in [1.82, 2.24) is 4.31 Å². The monoisotopic (exact) mass is 638 g/mol. The van der Waals surface area contributed by atoms with Gasteiger partial charge in [0.15, 0.2) is 28.2 Å². The van der Waals surface area contributed by atoms with Crippen molar-refractivity contribution >= 4 is 27.6 Å². The average Bonchev–Trinajstić information content (AvgIpc) is 2.97. The summed E-state index contributed by atoms with van der Waals surface area (Å²) in [6, 6.07) is 9.06. The van der Waals surface area contributed by atoms with Gasteiger partial charge in [0.2, 0.25) is 21.7 Å². The van der Waals surface area contributed by atoms with Crippen LogP contribution in [0.5, 0.6) is 5.75 Å². The van der Waals surface area contributed by atoms with Crippen LogP contribution in [0.3, 0.4) is 0 Å². The molecule has 2 aliphatic rings. The van der Waals surface area contributed by atoms with E-state index in [2.05, 4.69) is 0 Å². The fourth-order valence-corrected chi connectivity index (χ4v) is 7.43. The van der Waals surface area contributed by atoms with Gasteiger partial charge < -0.3 is 15.1 Å². The van der Waals surface area contributed by atoms with Gasteiger partial charge in [0.1, 0.15) is 17.4 Å². The zero-order valence-corrected chi connectivity index (χ0v) is 23.9. The predicted molar refractivity (Wildman–Crippen MR) is 147 cm³/mol. The number of carboxylic acid groups (broad SMARTS) is 1. The smallest absolute Gasteiger partial charge is 0.339 e. The SMILES string of the molecule is O=C(O)c1ccc(N(Cc2ccc(C3CCCCC3)cc2)C(=O)[C@H]2CCN2S(=O)(=O)c2c(F)c(F)c(F)c(F)c2F)cc1O. The molecule has 1 saturated heterocycles. The molecule has 1 amide bonds. The highest BCUT2D eigenvalue weighted by molar-refractivity contribution is 7.89. The first-order valence-corrected chi connectivity index (χ1v) is 15.3. The minimum atomic E-state index is -5.39. The molecule has 1 heterocycles. The molecule has 0 spiro atoms. The summed E-state index contributed by atoms with van der Waals surface area (Å²) in [5, 5.41) is 19.6. The van der Waals surface area contributed by atoms with Gasteiger partial charge in [0.05, 0.1) is 6.54 Å². The summed E-state index contributed by atoms with van der Waals surface area (Å²) in [6.07, 6.45) is 5.37. The molecule has 234 valence electrons. The molecule has 0 radical (unpaired) electrons. The van der Waals surface area contributed by atoms with Crippen molar-refractivity contribution in [2.24, 2.45) is 0 Å². The Morgan fingerprint density at radius 1 is 0.841 bits per heavy atom. The van der Waals surface area contributed by atoms with Crippen molar-refractivity contribution in [2.75, 3.05) is 11.4 Å². The molecule has 14 heteroatoms. The summed E-state index contributed by atoms with van der Waals surface area (Å²) in [7, 11) is -5.39. The van der Waals surface area contributed by atoms with Crippen molar-refractivity contribution in [3.05, 3.63) is 88.2 Å². The number of rotatable bonds is 8. The number of anilines is 1. The van der Waals surface area contributed by atoms with E-state index in [9.17, 15) is 50.2 Å². The van der Waals surface area contributed by atoms with E-state index in [-0.39, 0.29) is 18.7 Å². The number of aromatic hydroxyl groups is 1. The van der Waals surface area contributed by atoms with Gasteiger partial charge >= 0.3 is 5.97 Å². The molecule has 1 aliphatic heterocycles. The van der Waals surface area contributed by atoms with Crippen LogP contribution in [0.2, 0.25) is 0 Å². The molecule has 3 aromatic rings. The number of amides is 1. The largest absolute Gasteiger partial charge is 0.507 e. The summed E-state index contributed by atoms with van der Waals surface area (Å²) in [5.41, 5.74) is 1.23. The fourth-order valence-electron chi connectivity index (χ4n) is 5.69. The minimum Gasteiger partial charge on any atom is -0.507 e. The minimum absolute atomic E-state index is 0.0191. The van der Waals surface area contributed by atoms with Crippen LogP contribution in [0.4, 0.5) is 27.6 Å². The van der Waals surface area contributed by atoms with E-state index < -0.39 is 79.8 Å². The highest BCUT2D eigenvalue weighted by Crippen LogP contribution is 2.36. The zero-order chi connectivity index (χ0) is 31.9. The van der Waals surface area contributed by atoms with Crippen molar-refractivity contribution in [1.29, 1.82) is 0 Å². The maximum absolute atomic E-state index is 14.5. The Morgan fingerprint density at radius 2 is 1.43 bits per heavy atom. The molecule has 0 aromatic heterocycles. The second-order valence-electron chi connectivity index (χ2n) is 10.8. The molecule has 0 unspecified atom stereocenters. The number of carbonyl (C=O) groups is 2. The molecular formula is C30H27F5N2O6S. The Morgan fingerprint density at radius 3 is 1.95 bits per heavy atom. The number of sulfonamides is 1. The highest BCUT2D eigenvalue weighted by atomic mass is 32.2. The predicted octanol–water partition coefficient (Wildman–Crippen LogP) is 5.83. The number of hydrogen-bond acceptors (Lipinski definition) is 5. The summed E-state index contributed by atoms with van der Waals surface area (Å²) in [5.74, 6) is -15.2. The highest BCUT2D eigenvalue weighted by Gasteiger charge is 2.48. The second-order valence-corrected chi connectivity index (χ2v) is 12.7. The number of aromatic carboxylic acids is 1. The first-order chi connectivity index (χ1) is 20.8. The lowest BCUT2D eigenvalue weighted by Crippen LogP contribution is -2.59. The Labute approximate surface area is 249 Å². The summed E-state index contributed by atoms with van der Waals surface area (Å²) in [6.45, 7) is -0.631. The lowest BCUT2D eigenvalue weighted by molar-refractivity contribution is -0.125. The van der Waals surface area contributed by atoms with Crippen molar-refractivity contribution in [3.63, 3.8) is 0 Å². The number of benzene rings is 3. The first-order valence-electron chi connectivity index (χ1n) is 13.8. The molecule has 44 heavy (non-hydrogen) atoms. The number of carboxylic acids is 1. The van der Waals surface area contributed by atoms with Gasteiger partial charge in [-0.2, -0.15) is 4.31 Å². The fraction of sp³-hybridized carbons (Fsp3) is 0.333. The summed E-state index contributed by atoms with van der Waals surface area (Å²) in [4.78, 5) is 24.3. The lowest BCUT2D eigenvalue weighted by Gasteiger charge is -2.41. The van der Waals surface area contributed by atoms with E-state index in [4.69, 9.17) is 0 Å². The van der Waals surface area contributed by atoms with E-state index in [1.807, 2.05) is 12.1 Å². The van der Waals surface area contributed by atoms with Crippen LogP contribution in [0.25, 0.3) is 0 Å². The molecular weight excluding hydrogens is 611 g/mol. The van der Waals surface area contributed by atoms with Crippen LogP contribution in [-0.4, -0.2) is 47.4 Å². The zero-order valence-electron chi connectivity index (χ0n) is 23.1. The Bertz CT molecular complexity index is 1700. The van der Waals surface area contributed by atoms with Crippen molar-refractivity contribution in [3.8, 4) is 5.75 Å². The number of hydrogen-bond donors (Lipinski definition) is 2. The van der Waals surface area contributed by atoms with Gasteiger partial charge in [-0.1, -0.05) is 43.5 Å². The van der Waals surface area contributed by atoms with Crippen LogP contribution in [0.1, 0.15) is 65.9 Å². The number of nitrogens with zero attached hydrogens (tertiary/aromatic N) is 2. The first kappa shape index (κ1) is 31.4. The number of carbonyl (C=O) groups excluding carboxylic acids is 1. The van der Waals surface area contributed by atoms with Gasteiger partial charge in [0, 0.05) is 18.3 Å². The lowest BCUT2D eigenvalue weighted by atomic mass is 9.84. The van der Waals surface area contributed by atoms with E-state index in [1.54, 1.807) is 12.1 Å². The quantitative estimate of drug-likeness (QED) is 0.182. The molecule has 5 rings (SSSR count). The topological polar surface area (TPSA) is 115 Å². The number of phenols is 1. The van der Waals surface area contributed by atoms with Crippen LogP contribution in [0, 0.1) is 29.1 Å². The average molecular weight is 639 g/mol. The molecule has 2 fully saturated rings. The third-order valence-corrected chi connectivity index (χ3v) is 10.1. The maximum Gasteiger partial charge on any atom is 0.339 e. The molecule has 1 aliphatic carbocycles. The molecule has 8 nitrogen and oxygen atoms in total. The number of halogens is 5. The van der Waals surface area contributed by atoms with E-state index in [1.165, 1.54) is 12.5 Å². The van der Waals surface area contributed by atoms with E-state index >= 15 is 0 Å². The van der Waals surface area contributed by atoms with Crippen LogP contribution in [-0.2, 0) is 21.4 Å². The molecule has 1 saturated carbocycles. The van der Waals surface area contributed by atoms with Gasteiger partial charge in [-0.25, -0.2) is 35.2 Å². The van der Waals surface area contributed by atoms with Crippen LogP contribution >= 0.6 is 0 Å². The summed E-state index contributed by atoms with van der Waals surface area (Å²) >= 11 is 0. The second kappa shape index (κ2) is 12.2. The Hall–Kier alpha value is -4.04. The summed E-state index contributed by atoms with van der Waals surface area (Å²) < 4.78 is 96.9. The van der Waals surface area contributed by atoms with Gasteiger partial charge in [-0.05, 0) is 48.4 Å². The third-order valence-electron chi connectivity index (χ3n) is 8.18. The van der Waals surface area contributed by atoms with E-state index in [0.29, 0.717) is 15.8 Å². The third kappa shape index (κ3) is 5.63. The van der Waals surface area contributed by atoms with E-state index in [0.717, 1.165) is 48.3 Å². The van der Waals surface area contributed by atoms with Crippen molar-refractivity contribution in [2.45, 2.75) is 61.9 Å². The Balaban J connectivity index is 1.49. The van der Waals surface area contributed by atoms with Gasteiger partial charge in [-0.15, -0.1) is 0 Å². The van der Waals surface area contributed by atoms with Crippen LogP contribution < -0.4 is 4.90 Å². The standard InChI is InChI=1S/C30H27F5N2O6S/c31-23-24(32)26(34)28(27(35)25(23)33)44(42,43)37-13-12-21(37)29(39)36(19-10-11-20(30(40)41)22(38)14-19)15-16-6-8-18(9-7-16)17-4-2-1-3-5-17/h6-11,14,17,21,38H,1-5,12-13,15H2,(H,40,41)/t21-/m1/s1. The Kier molecular flexibility index (Phi) is 8.67. The normalized spacial score (nSPS) is 17.7. The molecule has 3 aromatic carbocycles. The molecule has 1 atom stereocenters.